The normalized spacial score (nSPS) is 15.1. The Morgan fingerprint density at radius 2 is 1.94 bits per heavy atom. The molecule has 0 amide bonds. The molecule has 0 unspecified atom stereocenters. The van der Waals surface area contributed by atoms with Gasteiger partial charge in [-0.1, -0.05) is 18.1 Å². The van der Waals surface area contributed by atoms with Gasteiger partial charge in [-0.3, -0.25) is 0 Å². The van der Waals surface area contributed by atoms with E-state index in [-0.39, 0.29) is 18.2 Å². The van der Waals surface area contributed by atoms with Crippen molar-refractivity contribution in [3.8, 4) is 11.5 Å². The van der Waals surface area contributed by atoms with E-state index in [1.807, 2.05) is 12.1 Å². The fraction of sp³-hybridized carbons (Fsp3) is 0.458. The smallest absolute Gasteiger partial charge is 0.170 e. The predicted octanol–water partition coefficient (Wildman–Crippen LogP) is 5.61. The van der Waals surface area contributed by atoms with Crippen molar-refractivity contribution in [2.75, 3.05) is 33.4 Å². The SMILES string of the molecule is CCc1ccc(OCCCN2CCC(c3noc4cc(F)ccc34)CC2)c(OC)c1.Cl. The molecule has 0 saturated carbocycles. The van der Waals surface area contributed by atoms with Gasteiger partial charge < -0.3 is 18.9 Å². The number of piperidine rings is 1. The minimum Gasteiger partial charge on any atom is -0.493 e. The number of aryl methyl sites for hydroxylation is 1. The van der Waals surface area contributed by atoms with Crippen LogP contribution in [0.2, 0.25) is 0 Å². The number of benzene rings is 2. The van der Waals surface area contributed by atoms with E-state index >= 15 is 0 Å². The Balaban J connectivity index is 0.00000272. The number of likely N-dealkylation sites (tertiary alicyclic amines) is 1. The molecule has 3 aromatic rings. The molecule has 7 heteroatoms. The molecule has 0 aliphatic carbocycles. The van der Waals surface area contributed by atoms with Crippen LogP contribution >= 0.6 is 12.4 Å². The van der Waals surface area contributed by atoms with Gasteiger partial charge in [0.1, 0.15) is 5.82 Å². The second-order valence-corrected chi connectivity index (χ2v) is 7.86. The van der Waals surface area contributed by atoms with Crippen LogP contribution < -0.4 is 9.47 Å². The molecule has 5 nitrogen and oxygen atoms in total. The van der Waals surface area contributed by atoms with Crippen LogP contribution in [0.3, 0.4) is 0 Å². The molecule has 168 valence electrons. The average Bonchev–Trinajstić information content (AvgIpc) is 3.20. The highest BCUT2D eigenvalue weighted by Crippen LogP contribution is 2.33. The largest absolute Gasteiger partial charge is 0.493 e. The second kappa shape index (κ2) is 10.8. The third kappa shape index (κ3) is 5.49. The van der Waals surface area contributed by atoms with E-state index < -0.39 is 0 Å². The first-order valence-corrected chi connectivity index (χ1v) is 10.7. The number of nitrogens with zero attached hydrogens (tertiary/aromatic N) is 2. The zero-order valence-electron chi connectivity index (χ0n) is 18.1. The Kier molecular flexibility index (Phi) is 8.15. The lowest BCUT2D eigenvalue weighted by molar-refractivity contribution is 0.189. The van der Waals surface area contributed by atoms with Gasteiger partial charge >= 0.3 is 0 Å². The lowest BCUT2D eigenvalue weighted by Gasteiger charge is -2.31. The van der Waals surface area contributed by atoms with E-state index in [2.05, 4.69) is 23.0 Å². The number of halogens is 2. The first kappa shape index (κ1) is 23.4. The maximum atomic E-state index is 13.4. The van der Waals surface area contributed by atoms with Crippen molar-refractivity contribution in [1.82, 2.24) is 10.1 Å². The van der Waals surface area contributed by atoms with Crippen molar-refractivity contribution in [2.45, 2.75) is 38.5 Å². The first-order chi connectivity index (χ1) is 14.7. The summed E-state index contributed by atoms with van der Waals surface area (Å²) in [6.45, 7) is 5.85. The van der Waals surface area contributed by atoms with Crippen LogP contribution in [0.1, 0.15) is 43.4 Å². The molecule has 31 heavy (non-hydrogen) atoms. The van der Waals surface area contributed by atoms with E-state index in [1.165, 1.54) is 17.7 Å². The maximum Gasteiger partial charge on any atom is 0.170 e. The third-order valence-electron chi connectivity index (χ3n) is 5.95. The average molecular weight is 449 g/mol. The molecule has 1 fully saturated rings. The minimum absolute atomic E-state index is 0. The number of hydrogen-bond donors (Lipinski definition) is 0. The molecule has 0 spiro atoms. The highest BCUT2D eigenvalue weighted by molar-refractivity contribution is 5.85. The molecule has 1 saturated heterocycles. The summed E-state index contributed by atoms with van der Waals surface area (Å²) in [6.07, 6.45) is 4.02. The Morgan fingerprint density at radius 1 is 1.13 bits per heavy atom. The van der Waals surface area contributed by atoms with Crippen LogP contribution in [-0.4, -0.2) is 43.4 Å². The summed E-state index contributed by atoms with van der Waals surface area (Å²) in [5.41, 5.74) is 2.75. The van der Waals surface area contributed by atoms with Gasteiger partial charge in [-0.15, -0.1) is 12.4 Å². The summed E-state index contributed by atoms with van der Waals surface area (Å²) >= 11 is 0. The minimum atomic E-state index is -0.291. The van der Waals surface area contributed by atoms with Crippen LogP contribution in [0.25, 0.3) is 11.0 Å². The summed E-state index contributed by atoms with van der Waals surface area (Å²) < 4.78 is 30.1. The van der Waals surface area contributed by atoms with Crippen molar-refractivity contribution >= 4 is 23.4 Å². The van der Waals surface area contributed by atoms with E-state index in [1.54, 1.807) is 13.2 Å². The van der Waals surface area contributed by atoms with Gasteiger partial charge in [0.2, 0.25) is 0 Å². The van der Waals surface area contributed by atoms with Crippen LogP contribution in [0.4, 0.5) is 4.39 Å². The molecule has 0 bridgehead atoms. The van der Waals surface area contributed by atoms with E-state index in [9.17, 15) is 4.39 Å². The van der Waals surface area contributed by atoms with Crippen LogP contribution in [0.5, 0.6) is 11.5 Å². The molecule has 1 aliphatic rings. The predicted molar refractivity (Wildman–Crippen MR) is 122 cm³/mol. The van der Waals surface area contributed by atoms with Crippen LogP contribution in [-0.2, 0) is 6.42 Å². The fourth-order valence-corrected chi connectivity index (χ4v) is 4.18. The Labute approximate surface area is 188 Å². The van der Waals surface area contributed by atoms with Gasteiger partial charge in [0, 0.05) is 23.9 Å². The van der Waals surface area contributed by atoms with Gasteiger partial charge in [-0.25, -0.2) is 4.39 Å². The molecule has 0 N–H and O–H groups in total. The van der Waals surface area contributed by atoms with Gasteiger partial charge in [0.25, 0.3) is 0 Å². The van der Waals surface area contributed by atoms with Crippen molar-refractivity contribution < 1.29 is 18.4 Å². The van der Waals surface area contributed by atoms with Crippen LogP contribution in [0.15, 0.2) is 40.9 Å². The lowest BCUT2D eigenvalue weighted by atomic mass is 9.91. The van der Waals surface area contributed by atoms with Gasteiger partial charge in [-0.05, 0) is 68.6 Å². The number of fused-ring (bicyclic) bond motifs is 1. The van der Waals surface area contributed by atoms with Crippen molar-refractivity contribution in [1.29, 1.82) is 0 Å². The summed E-state index contributed by atoms with van der Waals surface area (Å²) in [5.74, 6) is 1.68. The molecule has 2 heterocycles. The standard InChI is InChI=1S/C24H29FN2O3.ClH/c1-3-17-5-8-21(23(15-17)28-2)29-14-4-11-27-12-9-18(10-13-27)24-20-7-6-19(25)16-22(20)30-26-24;/h5-8,15-16,18H,3-4,9-14H2,1-2H3;1H. The van der Waals surface area contributed by atoms with Crippen molar-refractivity contribution in [3.63, 3.8) is 0 Å². The van der Waals surface area contributed by atoms with Crippen LogP contribution in [0, 0.1) is 5.82 Å². The van der Waals surface area contributed by atoms with E-state index in [4.69, 9.17) is 14.0 Å². The van der Waals surface area contributed by atoms with Crippen molar-refractivity contribution in [2.24, 2.45) is 0 Å². The maximum absolute atomic E-state index is 13.4. The molecule has 0 radical (unpaired) electrons. The van der Waals surface area contributed by atoms with E-state index in [0.717, 1.165) is 67.9 Å². The van der Waals surface area contributed by atoms with E-state index in [0.29, 0.717) is 18.1 Å². The monoisotopic (exact) mass is 448 g/mol. The first-order valence-electron chi connectivity index (χ1n) is 10.7. The molecular weight excluding hydrogens is 419 g/mol. The molecule has 4 rings (SSSR count). The van der Waals surface area contributed by atoms with Crippen molar-refractivity contribution in [3.05, 3.63) is 53.5 Å². The highest BCUT2D eigenvalue weighted by atomic mass is 35.5. The molecule has 1 aromatic heterocycles. The Morgan fingerprint density at radius 3 is 2.68 bits per heavy atom. The zero-order chi connectivity index (χ0) is 20.9. The molecule has 0 atom stereocenters. The molecule has 2 aromatic carbocycles. The Hall–Kier alpha value is -2.31. The third-order valence-corrected chi connectivity index (χ3v) is 5.95. The van der Waals surface area contributed by atoms with Gasteiger partial charge in [-0.2, -0.15) is 0 Å². The fourth-order valence-electron chi connectivity index (χ4n) is 4.18. The number of methoxy groups -OCH3 is 1. The summed E-state index contributed by atoms with van der Waals surface area (Å²) in [7, 11) is 1.68. The Bertz CT molecular complexity index is 986. The summed E-state index contributed by atoms with van der Waals surface area (Å²) in [4.78, 5) is 2.47. The number of hydrogen-bond acceptors (Lipinski definition) is 5. The topological polar surface area (TPSA) is 47.7 Å². The number of ether oxygens (including phenoxy) is 2. The highest BCUT2D eigenvalue weighted by Gasteiger charge is 2.25. The summed E-state index contributed by atoms with van der Waals surface area (Å²) in [5, 5.41) is 5.17. The number of aromatic nitrogens is 1. The quantitative estimate of drug-likeness (QED) is 0.419. The second-order valence-electron chi connectivity index (χ2n) is 7.86. The summed E-state index contributed by atoms with van der Waals surface area (Å²) in [6, 6.07) is 10.8. The zero-order valence-corrected chi connectivity index (χ0v) is 18.9. The molecular formula is C24H30ClFN2O3. The lowest BCUT2D eigenvalue weighted by Crippen LogP contribution is -2.34. The molecule has 1 aliphatic heterocycles. The number of rotatable bonds is 8. The van der Waals surface area contributed by atoms with Gasteiger partial charge in [0.05, 0.1) is 19.4 Å². The van der Waals surface area contributed by atoms with Gasteiger partial charge in [0.15, 0.2) is 17.1 Å².